The lowest BCUT2D eigenvalue weighted by molar-refractivity contribution is 0.149. The second kappa shape index (κ2) is 4.97. The molecular weight excluding hydrogens is 228 g/mol. The van der Waals surface area contributed by atoms with Crippen molar-refractivity contribution in [3.05, 3.63) is 11.7 Å². The Hall–Kier alpha value is -0.940. The standard InChI is InChI=1S/C13H22N4O/c1-9-15-13(18-16-9)5-6-14-10-7-11-3-4-12(8-10)17(11)2/h10-12,14H,3-8H2,1-2H3. The summed E-state index contributed by atoms with van der Waals surface area (Å²) in [5, 5.41) is 7.45. The van der Waals surface area contributed by atoms with Crippen LogP contribution in [0, 0.1) is 6.92 Å². The summed E-state index contributed by atoms with van der Waals surface area (Å²) in [6, 6.07) is 2.27. The van der Waals surface area contributed by atoms with Gasteiger partial charge in [0.25, 0.3) is 0 Å². The van der Waals surface area contributed by atoms with Crippen LogP contribution in [0.3, 0.4) is 0 Å². The van der Waals surface area contributed by atoms with Gasteiger partial charge in [-0.05, 0) is 39.7 Å². The molecule has 1 aromatic rings. The van der Waals surface area contributed by atoms with Crippen LogP contribution < -0.4 is 5.32 Å². The number of piperidine rings is 1. The molecule has 2 unspecified atom stereocenters. The summed E-state index contributed by atoms with van der Waals surface area (Å²) in [5.41, 5.74) is 0. The minimum absolute atomic E-state index is 0.669. The SMILES string of the molecule is Cc1noc(CCNC2CC3CCC(C2)N3C)n1. The molecule has 18 heavy (non-hydrogen) atoms. The average molecular weight is 250 g/mol. The van der Waals surface area contributed by atoms with E-state index in [1.807, 2.05) is 6.92 Å². The lowest BCUT2D eigenvalue weighted by Gasteiger charge is -2.36. The van der Waals surface area contributed by atoms with Gasteiger partial charge < -0.3 is 14.7 Å². The van der Waals surface area contributed by atoms with Crippen LogP contribution in [0.5, 0.6) is 0 Å². The summed E-state index contributed by atoms with van der Waals surface area (Å²) in [6.07, 6.45) is 6.17. The maximum atomic E-state index is 5.12. The predicted octanol–water partition coefficient (Wildman–Crippen LogP) is 1.14. The summed E-state index contributed by atoms with van der Waals surface area (Å²) < 4.78 is 5.12. The van der Waals surface area contributed by atoms with E-state index in [-0.39, 0.29) is 0 Å². The van der Waals surface area contributed by atoms with Gasteiger partial charge in [-0.15, -0.1) is 0 Å². The lowest BCUT2D eigenvalue weighted by Crippen LogP contribution is -2.47. The fourth-order valence-electron chi connectivity index (χ4n) is 3.40. The number of hydrogen-bond donors (Lipinski definition) is 1. The Balaban J connectivity index is 1.44. The van der Waals surface area contributed by atoms with Gasteiger partial charge in [0.05, 0.1) is 0 Å². The van der Waals surface area contributed by atoms with Gasteiger partial charge in [-0.1, -0.05) is 5.16 Å². The summed E-state index contributed by atoms with van der Waals surface area (Å²) in [7, 11) is 2.28. The van der Waals surface area contributed by atoms with Gasteiger partial charge in [-0.2, -0.15) is 4.98 Å². The minimum Gasteiger partial charge on any atom is -0.339 e. The third-order valence-electron chi connectivity index (χ3n) is 4.44. The van der Waals surface area contributed by atoms with Crippen LogP contribution in [-0.4, -0.2) is 46.8 Å². The maximum absolute atomic E-state index is 5.12. The van der Waals surface area contributed by atoms with E-state index in [1.165, 1.54) is 25.7 Å². The summed E-state index contributed by atoms with van der Waals surface area (Å²) in [6.45, 7) is 2.80. The Bertz CT molecular complexity index is 391. The highest BCUT2D eigenvalue weighted by Gasteiger charge is 2.37. The van der Waals surface area contributed by atoms with Crippen molar-refractivity contribution in [1.29, 1.82) is 0 Å². The molecule has 0 amide bonds. The van der Waals surface area contributed by atoms with E-state index < -0.39 is 0 Å². The molecular formula is C13H22N4O. The molecule has 100 valence electrons. The number of fused-ring (bicyclic) bond motifs is 2. The molecule has 5 nitrogen and oxygen atoms in total. The normalized spacial score (nSPS) is 32.0. The molecule has 0 radical (unpaired) electrons. The smallest absolute Gasteiger partial charge is 0.227 e. The van der Waals surface area contributed by atoms with Crippen LogP contribution in [0.1, 0.15) is 37.4 Å². The van der Waals surface area contributed by atoms with E-state index >= 15 is 0 Å². The molecule has 2 saturated heterocycles. The first kappa shape index (κ1) is 12.1. The van der Waals surface area contributed by atoms with Crippen molar-refractivity contribution < 1.29 is 4.52 Å². The molecule has 3 rings (SSSR count). The summed E-state index contributed by atoms with van der Waals surface area (Å²) in [5.74, 6) is 1.47. The first-order valence-electron chi connectivity index (χ1n) is 6.97. The van der Waals surface area contributed by atoms with Crippen molar-refractivity contribution in [1.82, 2.24) is 20.4 Å². The van der Waals surface area contributed by atoms with Crippen molar-refractivity contribution in [3.63, 3.8) is 0 Å². The molecule has 2 aliphatic heterocycles. The third-order valence-corrected chi connectivity index (χ3v) is 4.44. The highest BCUT2D eigenvalue weighted by atomic mass is 16.5. The molecule has 3 heterocycles. The fourth-order valence-corrected chi connectivity index (χ4v) is 3.40. The summed E-state index contributed by atoms with van der Waals surface area (Å²) >= 11 is 0. The van der Waals surface area contributed by atoms with Gasteiger partial charge in [0.1, 0.15) is 0 Å². The van der Waals surface area contributed by atoms with E-state index in [9.17, 15) is 0 Å². The molecule has 1 aromatic heterocycles. The van der Waals surface area contributed by atoms with Gasteiger partial charge in [-0.25, -0.2) is 0 Å². The molecule has 2 bridgehead atoms. The van der Waals surface area contributed by atoms with Crippen LogP contribution in [0.25, 0.3) is 0 Å². The van der Waals surface area contributed by atoms with Crippen LogP contribution in [-0.2, 0) is 6.42 Å². The molecule has 5 heteroatoms. The van der Waals surface area contributed by atoms with E-state index in [0.29, 0.717) is 6.04 Å². The number of aromatic nitrogens is 2. The van der Waals surface area contributed by atoms with Crippen LogP contribution >= 0.6 is 0 Å². The Labute approximate surface area is 108 Å². The van der Waals surface area contributed by atoms with E-state index in [4.69, 9.17) is 4.52 Å². The second-order valence-electron chi connectivity index (χ2n) is 5.66. The van der Waals surface area contributed by atoms with E-state index in [0.717, 1.165) is 36.8 Å². The van der Waals surface area contributed by atoms with Gasteiger partial charge in [0.15, 0.2) is 5.82 Å². The first-order chi connectivity index (χ1) is 8.72. The molecule has 2 aliphatic rings. The highest BCUT2D eigenvalue weighted by Crippen LogP contribution is 2.34. The molecule has 0 spiro atoms. The molecule has 2 atom stereocenters. The summed E-state index contributed by atoms with van der Waals surface area (Å²) in [4.78, 5) is 6.79. The van der Waals surface area contributed by atoms with Crippen molar-refractivity contribution in [2.45, 2.75) is 57.2 Å². The zero-order chi connectivity index (χ0) is 12.5. The monoisotopic (exact) mass is 250 g/mol. The average Bonchev–Trinajstić information content (AvgIpc) is 2.82. The molecule has 0 aromatic carbocycles. The first-order valence-corrected chi connectivity index (χ1v) is 6.97. The molecule has 0 saturated carbocycles. The lowest BCUT2D eigenvalue weighted by atomic mass is 9.98. The number of nitrogens with zero attached hydrogens (tertiary/aromatic N) is 3. The topological polar surface area (TPSA) is 54.2 Å². The maximum Gasteiger partial charge on any atom is 0.227 e. The van der Waals surface area contributed by atoms with Gasteiger partial charge in [-0.3, -0.25) is 0 Å². The number of nitrogens with one attached hydrogen (secondary N) is 1. The van der Waals surface area contributed by atoms with Gasteiger partial charge in [0.2, 0.25) is 5.89 Å². The van der Waals surface area contributed by atoms with Gasteiger partial charge >= 0.3 is 0 Å². The second-order valence-corrected chi connectivity index (χ2v) is 5.66. The van der Waals surface area contributed by atoms with Crippen molar-refractivity contribution >= 4 is 0 Å². The van der Waals surface area contributed by atoms with Gasteiger partial charge in [0, 0.05) is 31.1 Å². The van der Waals surface area contributed by atoms with Crippen LogP contribution in [0.4, 0.5) is 0 Å². The third kappa shape index (κ3) is 2.42. The minimum atomic E-state index is 0.669. The van der Waals surface area contributed by atoms with Crippen molar-refractivity contribution in [3.8, 4) is 0 Å². The Morgan fingerprint density at radius 1 is 1.33 bits per heavy atom. The number of rotatable bonds is 4. The molecule has 2 fully saturated rings. The quantitative estimate of drug-likeness (QED) is 0.868. The fraction of sp³-hybridized carbons (Fsp3) is 0.846. The van der Waals surface area contributed by atoms with E-state index in [1.54, 1.807) is 0 Å². The zero-order valence-electron chi connectivity index (χ0n) is 11.2. The largest absolute Gasteiger partial charge is 0.339 e. The molecule has 1 N–H and O–H groups in total. The number of hydrogen-bond acceptors (Lipinski definition) is 5. The zero-order valence-corrected chi connectivity index (χ0v) is 11.2. The molecule has 0 aliphatic carbocycles. The number of aryl methyl sites for hydroxylation is 1. The van der Waals surface area contributed by atoms with Crippen LogP contribution in [0.15, 0.2) is 4.52 Å². The van der Waals surface area contributed by atoms with E-state index in [2.05, 4.69) is 27.4 Å². The Kier molecular flexibility index (Phi) is 3.35. The Morgan fingerprint density at radius 3 is 2.67 bits per heavy atom. The predicted molar refractivity (Wildman–Crippen MR) is 68.3 cm³/mol. The van der Waals surface area contributed by atoms with Crippen molar-refractivity contribution in [2.24, 2.45) is 0 Å². The Morgan fingerprint density at radius 2 is 2.06 bits per heavy atom. The van der Waals surface area contributed by atoms with Crippen LogP contribution in [0.2, 0.25) is 0 Å². The van der Waals surface area contributed by atoms with Crippen molar-refractivity contribution in [2.75, 3.05) is 13.6 Å². The highest BCUT2D eigenvalue weighted by molar-refractivity contribution is 4.96.